The highest BCUT2D eigenvalue weighted by Crippen LogP contribution is 2.27. The summed E-state index contributed by atoms with van der Waals surface area (Å²) in [6.07, 6.45) is 2.00. The van der Waals surface area contributed by atoms with E-state index in [9.17, 15) is 4.79 Å². The third-order valence-electron chi connectivity index (χ3n) is 3.53. The highest BCUT2D eigenvalue weighted by Gasteiger charge is 2.27. The van der Waals surface area contributed by atoms with E-state index >= 15 is 0 Å². The number of rotatable bonds is 3. The molecule has 0 aliphatic carbocycles. The first-order valence-corrected chi connectivity index (χ1v) is 7.35. The largest absolute Gasteiger partial charge is 0.368 e. The van der Waals surface area contributed by atoms with Gasteiger partial charge in [-0.25, -0.2) is 0 Å². The number of nitrogens with two attached hydrogens (primary N) is 1. The zero-order chi connectivity index (χ0) is 14.8. The minimum atomic E-state index is -0.841. The third-order valence-corrected chi connectivity index (χ3v) is 3.85. The van der Waals surface area contributed by atoms with Gasteiger partial charge in [-0.2, -0.15) is 0 Å². The first kappa shape index (κ1) is 21.3. The number of carbonyl (C=O) groups excluding carboxylic acids is 1. The van der Waals surface area contributed by atoms with Crippen LogP contribution in [0.5, 0.6) is 0 Å². The highest BCUT2D eigenvalue weighted by atomic mass is 35.5. The smallest absolute Gasteiger partial charge is 0.239 e. The van der Waals surface area contributed by atoms with Crippen LogP contribution in [0.3, 0.4) is 0 Å². The van der Waals surface area contributed by atoms with Crippen LogP contribution in [0.4, 0.5) is 5.69 Å². The van der Waals surface area contributed by atoms with Gasteiger partial charge in [0.15, 0.2) is 0 Å². The molecule has 1 amide bonds. The summed E-state index contributed by atoms with van der Waals surface area (Å²) in [4.78, 5) is 14.2. The molecule has 1 aliphatic heterocycles. The molecule has 1 saturated heterocycles. The molecule has 1 aromatic rings. The summed E-state index contributed by atoms with van der Waals surface area (Å²) >= 11 is 6.23. The van der Waals surface area contributed by atoms with Crippen molar-refractivity contribution in [1.82, 2.24) is 5.32 Å². The topological polar surface area (TPSA) is 58.4 Å². The summed E-state index contributed by atoms with van der Waals surface area (Å²) in [6.45, 7) is 5.17. The fourth-order valence-electron chi connectivity index (χ4n) is 2.39. The Morgan fingerprint density at radius 3 is 2.59 bits per heavy atom. The van der Waals surface area contributed by atoms with Gasteiger partial charge in [-0.05, 0) is 38.8 Å². The number of hydrogen-bond donors (Lipinski definition) is 2. The van der Waals surface area contributed by atoms with Crippen LogP contribution in [-0.2, 0) is 4.79 Å². The van der Waals surface area contributed by atoms with Crippen LogP contribution < -0.4 is 16.0 Å². The number of halogens is 3. The van der Waals surface area contributed by atoms with Crippen molar-refractivity contribution in [2.45, 2.75) is 38.3 Å². The van der Waals surface area contributed by atoms with E-state index < -0.39 is 5.54 Å². The quantitative estimate of drug-likeness (QED) is 0.862. The van der Waals surface area contributed by atoms with Crippen LogP contribution in [0.2, 0.25) is 5.02 Å². The third kappa shape index (κ3) is 5.51. The SMILES string of the molecule is CC(C)(N)C(=O)NC1CCCN(c2ccccc2Cl)C1.Cl.Cl. The maximum absolute atomic E-state index is 12.0. The maximum Gasteiger partial charge on any atom is 0.239 e. The van der Waals surface area contributed by atoms with Gasteiger partial charge in [0, 0.05) is 19.1 Å². The number of piperidine rings is 1. The molecule has 3 N–H and O–H groups in total. The van der Waals surface area contributed by atoms with Crippen molar-refractivity contribution in [3.8, 4) is 0 Å². The zero-order valence-corrected chi connectivity index (χ0v) is 15.2. The number of hydrogen-bond acceptors (Lipinski definition) is 3. The Kier molecular flexibility index (Phi) is 8.55. The van der Waals surface area contributed by atoms with Crippen LogP contribution in [0.25, 0.3) is 0 Å². The number of carbonyl (C=O) groups is 1. The number of nitrogens with one attached hydrogen (secondary N) is 1. The predicted molar refractivity (Wildman–Crippen MR) is 97.6 cm³/mol. The van der Waals surface area contributed by atoms with Gasteiger partial charge in [0.05, 0.1) is 16.2 Å². The Bertz CT molecular complexity index is 491. The second kappa shape index (κ2) is 8.82. The molecular formula is C15H24Cl3N3O. The molecule has 1 fully saturated rings. The molecular weight excluding hydrogens is 345 g/mol. The minimum Gasteiger partial charge on any atom is -0.368 e. The Balaban J connectivity index is 0.00000220. The minimum absolute atomic E-state index is 0. The van der Waals surface area contributed by atoms with Gasteiger partial charge in [0.2, 0.25) is 5.91 Å². The van der Waals surface area contributed by atoms with E-state index in [0.29, 0.717) is 0 Å². The molecule has 1 atom stereocenters. The van der Waals surface area contributed by atoms with Gasteiger partial charge in [-0.1, -0.05) is 23.7 Å². The Labute approximate surface area is 149 Å². The highest BCUT2D eigenvalue weighted by molar-refractivity contribution is 6.33. The van der Waals surface area contributed by atoms with Crippen molar-refractivity contribution in [2.75, 3.05) is 18.0 Å². The Morgan fingerprint density at radius 2 is 2.00 bits per heavy atom. The molecule has 0 saturated carbocycles. The molecule has 0 bridgehead atoms. The molecule has 1 aromatic carbocycles. The average Bonchev–Trinajstić information content (AvgIpc) is 2.38. The molecule has 0 spiro atoms. The fourth-order valence-corrected chi connectivity index (χ4v) is 2.65. The van der Waals surface area contributed by atoms with Gasteiger partial charge in [-0.3, -0.25) is 4.79 Å². The molecule has 4 nitrogen and oxygen atoms in total. The van der Waals surface area contributed by atoms with E-state index in [1.54, 1.807) is 13.8 Å². The van der Waals surface area contributed by atoms with Crippen LogP contribution in [0.15, 0.2) is 24.3 Å². The molecule has 126 valence electrons. The van der Waals surface area contributed by atoms with E-state index in [4.69, 9.17) is 17.3 Å². The first-order chi connectivity index (χ1) is 9.38. The van der Waals surface area contributed by atoms with Gasteiger partial charge in [-0.15, -0.1) is 24.8 Å². The molecule has 22 heavy (non-hydrogen) atoms. The van der Waals surface area contributed by atoms with Gasteiger partial charge >= 0.3 is 0 Å². The lowest BCUT2D eigenvalue weighted by Crippen LogP contribution is -2.56. The monoisotopic (exact) mass is 367 g/mol. The fraction of sp³-hybridized carbons (Fsp3) is 0.533. The standard InChI is InChI=1S/C15H22ClN3O.2ClH/c1-15(2,17)14(20)18-11-6-5-9-19(10-11)13-8-4-3-7-12(13)16;;/h3-4,7-8,11H,5-6,9-10,17H2,1-2H3,(H,18,20);2*1H. The van der Waals surface area contributed by atoms with Crippen molar-refractivity contribution in [3.05, 3.63) is 29.3 Å². The average molecular weight is 369 g/mol. The molecule has 1 aliphatic rings. The molecule has 2 rings (SSSR count). The lowest BCUT2D eigenvalue weighted by molar-refractivity contribution is -0.126. The first-order valence-electron chi connectivity index (χ1n) is 6.97. The summed E-state index contributed by atoms with van der Waals surface area (Å²) in [5.74, 6) is -0.108. The Morgan fingerprint density at radius 1 is 1.36 bits per heavy atom. The van der Waals surface area contributed by atoms with Gasteiger partial charge < -0.3 is 16.0 Å². The number of para-hydroxylation sites is 1. The van der Waals surface area contributed by atoms with E-state index in [0.717, 1.165) is 36.6 Å². The van der Waals surface area contributed by atoms with Crippen molar-refractivity contribution < 1.29 is 4.79 Å². The molecule has 0 radical (unpaired) electrons. The van der Waals surface area contributed by atoms with Crippen molar-refractivity contribution in [1.29, 1.82) is 0 Å². The summed E-state index contributed by atoms with van der Waals surface area (Å²) < 4.78 is 0. The summed E-state index contributed by atoms with van der Waals surface area (Å²) in [6, 6.07) is 7.93. The normalized spacial score (nSPS) is 18.0. The maximum atomic E-state index is 12.0. The summed E-state index contributed by atoms with van der Waals surface area (Å²) in [5, 5.41) is 3.78. The summed E-state index contributed by atoms with van der Waals surface area (Å²) in [5.41, 5.74) is 6.01. The second-order valence-electron chi connectivity index (χ2n) is 5.93. The molecule has 0 aromatic heterocycles. The lowest BCUT2D eigenvalue weighted by atomic mass is 10.0. The van der Waals surface area contributed by atoms with E-state index in [1.807, 2.05) is 24.3 Å². The van der Waals surface area contributed by atoms with E-state index in [1.165, 1.54) is 0 Å². The number of nitrogens with zero attached hydrogens (tertiary/aromatic N) is 1. The van der Waals surface area contributed by atoms with Gasteiger partial charge in [0.1, 0.15) is 0 Å². The van der Waals surface area contributed by atoms with Crippen molar-refractivity contribution in [2.24, 2.45) is 5.73 Å². The number of amides is 1. The van der Waals surface area contributed by atoms with Crippen LogP contribution in [0.1, 0.15) is 26.7 Å². The van der Waals surface area contributed by atoms with Crippen LogP contribution in [-0.4, -0.2) is 30.6 Å². The van der Waals surface area contributed by atoms with Crippen LogP contribution >= 0.6 is 36.4 Å². The van der Waals surface area contributed by atoms with Crippen LogP contribution in [0, 0.1) is 0 Å². The second-order valence-corrected chi connectivity index (χ2v) is 6.34. The Hall–Kier alpha value is -0.680. The molecule has 1 heterocycles. The zero-order valence-electron chi connectivity index (χ0n) is 12.8. The van der Waals surface area contributed by atoms with E-state index in [2.05, 4.69) is 10.2 Å². The predicted octanol–water partition coefficient (Wildman–Crippen LogP) is 3.01. The van der Waals surface area contributed by atoms with E-state index in [-0.39, 0.29) is 36.8 Å². The molecule has 7 heteroatoms. The van der Waals surface area contributed by atoms with Crippen molar-refractivity contribution in [3.63, 3.8) is 0 Å². The summed E-state index contributed by atoms with van der Waals surface area (Å²) in [7, 11) is 0. The van der Waals surface area contributed by atoms with Crippen molar-refractivity contribution >= 4 is 48.0 Å². The number of benzene rings is 1. The number of anilines is 1. The molecule has 1 unspecified atom stereocenters. The van der Waals surface area contributed by atoms with Gasteiger partial charge in [0.25, 0.3) is 0 Å². The lowest BCUT2D eigenvalue weighted by Gasteiger charge is -2.36.